The van der Waals surface area contributed by atoms with E-state index in [-0.39, 0.29) is 48.6 Å². The fraction of sp³-hybridized carbons (Fsp3) is 0.450. The highest BCUT2D eigenvalue weighted by molar-refractivity contribution is 6.05. The molecule has 3 aliphatic rings. The Morgan fingerprint density at radius 1 is 1.12 bits per heavy atom. The van der Waals surface area contributed by atoms with Crippen molar-refractivity contribution < 1.29 is 19.1 Å². The van der Waals surface area contributed by atoms with Crippen molar-refractivity contribution in [3.63, 3.8) is 0 Å². The molecule has 26 heavy (non-hydrogen) atoms. The van der Waals surface area contributed by atoms with Gasteiger partial charge in [0.15, 0.2) is 0 Å². The second-order valence-electron chi connectivity index (χ2n) is 7.03. The van der Waals surface area contributed by atoms with Crippen LogP contribution in [0.5, 0.6) is 5.75 Å². The molecule has 2 aliphatic heterocycles. The van der Waals surface area contributed by atoms with Gasteiger partial charge >= 0.3 is 0 Å². The topological polar surface area (TPSA) is 75.7 Å². The van der Waals surface area contributed by atoms with Crippen molar-refractivity contribution >= 4 is 17.7 Å². The first-order valence-electron chi connectivity index (χ1n) is 9.16. The molecule has 0 bridgehead atoms. The molecule has 0 spiro atoms. The number of fused-ring (bicyclic) bond motifs is 2. The summed E-state index contributed by atoms with van der Waals surface area (Å²) in [6.07, 6.45) is 6.01. The molecule has 1 saturated heterocycles. The second kappa shape index (κ2) is 6.94. The number of ether oxygens (including phenoxy) is 1. The number of benzene rings is 1. The molecule has 136 valence electrons. The number of amides is 3. The Hall–Kier alpha value is -2.63. The van der Waals surface area contributed by atoms with Gasteiger partial charge in [-0.15, -0.1) is 0 Å². The SMILES string of the molecule is O=C(CCN1C(=O)[C@H]2CC=CC[C@H]2C1=O)N[C@@H]1CCOc2ccccc21. The maximum atomic E-state index is 12.4. The van der Waals surface area contributed by atoms with Gasteiger partial charge in [0.1, 0.15) is 5.75 Å². The van der Waals surface area contributed by atoms with Crippen LogP contribution in [-0.2, 0) is 14.4 Å². The first kappa shape index (κ1) is 16.8. The van der Waals surface area contributed by atoms with Gasteiger partial charge in [0.25, 0.3) is 0 Å². The third-order valence-electron chi connectivity index (χ3n) is 5.46. The summed E-state index contributed by atoms with van der Waals surface area (Å²) in [5.41, 5.74) is 0.970. The zero-order valence-corrected chi connectivity index (χ0v) is 14.5. The summed E-state index contributed by atoms with van der Waals surface area (Å²) in [6.45, 7) is 0.711. The third kappa shape index (κ3) is 3.00. The van der Waals surface area contributed by atoms with Crippen LogP contribution in [0.1, 0.15) is 37.3 Å². The van der Waals surface area contributed by atoms with Gasteiger partial charge in [0, 0.05) is 24.9 Å². The highest BCUT2D eigenvalue weighted by atomic mass is 16.5. The van der Waals surface area contributed by atoms with Crippen molar-refractivity contribution in [1.82, 2.24) is 10.2 Å². The van der Waals surface area contributed by atoms with E-state index in [1.165, 1.54) is 4.90 Å². The number of allylic oxidation sites excluding steroid dienone is 2. The Balaban J connectivity index is 1.35. The lowest BCUT2D eigenvalue weighted by molar-refractivity contribution is -0.140. The molecule has 1 aliphatic carbocycles. The van der Waals surface area contributed by atoms with Crippen LogP contribution < -0.4 is 10.1 Å². The van der Waals surface area contributed by atoms with Crippen molar-refractivity contribution in [3.05, 3.63) is 42.0 Å². The van der Waals surface area contributed by atoms with Crippen molar-refractivity contribution in [2.45, 2.75) is 31.7 Å². The van der Waals surface area contributed by atoms with Gasteiger partial charge in [-0.1, -0.05) is 30.4 Å². The van der Waals surface area contributed by atoms with E-state index in [2.05, 4.69) is 5.32 Å². The third-order valence-corrected chi connectivity index (χ3v) is 5.46. The Morgan fingerprint density at radius 2 is 1.81 bits per heavy atom. The lowest BCUT2D eigenvalue weighted by Gasteiger charge is -2.26. The molecule has 3 amide bonds. The summed E-state index contributed by atoms with van der Waals surface area (Å²) in [5.74, 6) is -0.0937. The monoisotopic (exact) mass is 354 g/mol. The quantitative estimate of drug-likeness (QED) is 0.663. The number of para-hydroxylation sites is 1. The maximum absolute atomic E-state index is 12.4. The van der Waals surface area contributed by atoms with Crippen LogP contribution in [0, 0.1) is 11.8 Å². The minimum atomic E-state index is -0.238. The number of likely N-dealkylation sites (tertiary alicyclic amines) is 1. The Bertz CT molecular complexity index is 747. The molecule has 0 aromatic heterocycles. The summed E-state index contributed by atoms with van der Waals surface area (Å²) in [6, 6.07) is 7.57. The zero-order valence-electron chi connectivity index (χ0n) is 14.5. The Labute approximate surface area is 152 Å². The molecule has 3 atom stereocenters. The summed E-state index contributed by atoms with van der Waals surface area (Å²) < 4.78 is 5.60. The number of imide groups is 1. The first-order valence-corrected chi connectivity index (χ1v) is 9.16. The average molecular weight is 354 g/mol. The van der Waals surface area contributed by atoms with Gasteiger partial charge in [-0.05, 0) is 18.9 Å². The van der Waals surface area contributed by atoms with E-state index in [1.807, 2.05) is 36.4 Å². The van der Waals surface area contributed by atoms with E-state index in [0.717, 1.165) is 11.3 Å². The van der Waals surface area contributed by atoms with E-state index in [1.54, 1.807) is 0 Å². The predicted octanol–water partition coefficient (Wildman–Crippen LogP) is 1.97. The molecular weight excluding hydrogens is 332 g/mol. The first-order chi connectivity index (χ1) is 12.6. The molecule has 1 N–H and O–H groups in total. The standard InChI is InChI=1S/C20H22N2O4/c23-18(21-16-10-12-26-17-8-4-3-7-15(16)17)9-11-22-19(24)13-5-1-2-6-14(13)20(22)25/h1-4,7-8,13-14,16H,5-6,9-12H2,(H,21,23)/t13-,14+,16-/m1/s1. The van der Waals surface area contributed by atoms with Crippen LogP contribution in [0.4, 0.5) is 0 Å². The Morgan fingerprint density at radius 3 is 2.54 bits per heavy atom. The van der Waals surface area contributed by atoms with Gasteiger partial charge in [-0.25, -0.2) is 0 Å². The molecule has 6 nitrogen and oxygen atoms in total. The predicted molar refractivity (Wildman–Crippen MR) is 94.1 cm³/mol. The van der Waals surface area contributed by atoms with E-state index in [4.69, 9.17) is 4.74 Å². The fourth-order valence-electron chi connectivity index (χ4n) is 4.06. The second-order valence-corrected chi connectivity index (χ2v) is 7.03. The number of hydrogen-bond donors (Lipinski definition) is 1. The van der Waals surface area contributed by atoms with Crippen molar-refractivity contribution in [3.8, 4) is 5.75 Å². The van der Waals surface area contributed by atoms with Crippen LogP contribution in [0.15, 0.2) is 36.4 Å². The minimum absolute atomic E-state index is 0.0933. The molecular formula is C20H22N2O4. The molecule has 0 saturated carbocycles. The highest BCUT2D eigenvalue weighted by Gasteiger charge is 2.46. The van der Waals surface area contributed by atoms with E-state index in [0.29, 0.717) is 25.9 Å². The zero-order chi connectivity index (χ0) is 18.1. The maximum Gasteiger partial charge on any atom is 0.233 e. The normalized spacial score (nSPS) is 26.9. The van der Waals surface area contributed by atoms with Gasteiger partial charge < -0.3 is 10.1 Å². The summed E-state index contributed by atoms with van der Waals surface area (Å²) in [7, 11) is 0. The van der Waals surface area contributed by atoms with Crippen LogP contribution in [-0.4, -0.2) is 35.8 Å². The largest absolute Gasteiger partial charge is 0.493 e. The van der Waals surface area contributed by atoms with Crippen molar-refractivity contribution in [2.24, 2.45) is 11.8 Å². The number of rotatable bonds is 4. The average Bonchev–Trinajstić information content (AvgIpc) is 2.91. The number of nitrogens with one attached hydrogen (secondary N) is 1. The van der Waals surface area contributed by atoms with Crippen LogP contribution in [0.25, 0.3) is 0 Å². The molecule has 1 fully saturated rings. The summed E-state index contributed by atoms with van der Waals surface area (Å²) in [5, 5.41) is 3.01. The molecule has 1 aromatic carbocycles. The lowest BCUT2D eigenvalue weighted by Crippen LogP contribution is -2.37. The summed E-state index contributed by atoms with van der Waals surface area (Å²) in [4.78, 5) is 38.5. The van der Waals surface area contributed by atoms with Gasteiger partial charge in [0.2, 0.25) is 17.7 Å². The van der Waals surface area contributed by atoms with Gasteiger partial charge in [0.05, 0.1) is 24.5 Å². The number of nitrogens with zero attached hydrogens (tertiary/aromatic N) is 1. The number of carbonyl (C=O) groups excluding carboxylic acids is 3. The smallest absolute Gasteiger partial charge is 0.233 e. The molecule has 4 rings (SSSR count). The molecule has 0 radical (unpaired) electrons. The molecule has 6 heteroatoms. The molecule has 2 heterocycles. The van der Waals surface area contributed by atoms with Crippen molar-refractivity contribution in [1.29, 1.82) is 0 Å². The fourth-order valence-corrected chi connectivity index (χ4v) is 4.06. The highest BCUT2D eigenvalue weighted by Crippen LogP contribution is 2.35. The van der Waals surface area contributed by atoms with E-state index >= 15 is 0 Å². The number of hydrogen-bond acceptors (Lipinski definition) is 4. The van der Waals surface area contributed by atoms with Crippen LogP contribution in [0.3, 0.4) is 0 Å². The van der Waals surface area contributed by atoms with Crippen molar-refractivity contribution in [2.75, 3.05) is 13.2 Å². The molecule has 0 unspecified atom stereocenters. The van der Waals surface area contributed by atoms with Crippen LogP contribution in [0.2, 0.25) is 0 Å². The number of carbonyl (C=O) groups is 3. The van der Waals surface area contributed by atoms with Gasteiger partial charge in [-0.2, -0.15) is 0 Å². The Kier molecular flexibility index (Phi) is 4.49. The minimum Gasteiger partial charge on any atom is -0.493 e. The van der Waals surface area contributed by atoms with Gasteiger partial charge in [-0.3, -0.25) is 19.3 Å². The van der Waals surface area contributed by atoms with E-state index < -0.39 is 0 Å². The summed E-state index contributed by atoms with van der Waals surface area (Å²) >= 11 is 0. The molecule has 1 aromatic rings. The van der Waals surface area contributed by atoms with E-state index in [9.17, 15) is 14.4 Å². The van der Waals surface area contributed by atoms with Crippen LogP contribution >= 0.6 is 0 Å². The lowest BCUT2D eigenvalue weighted by atomic mass is 9.85.